The molecule has 0 aliphatic carbocycles. The summed E-state index contributed by atoms with van der Waals surface area (Å²) in [6.45, 7) is -0.0127. The van der Waals surface area contributed by atoms with Crippen molar-refractivity contribution in [3.05, 3.63) is 41.1 Å². The molecule has 1 amide bonds. The smallest absolute Gasteiger partial charge is 0.425 e. The van der Waals surface area contributed by atoms with E-state index in [0.29, 0.717) is 0 Å². The predicted molar refractivity (Wildman–Crippen MR) is 84.1 cm³/mol. The molecule has 2 aliphatic heterocycles. The van der Waals surface area contributed by atoms with E-state index in [-0.39, 0.29) is 48.9 Å². The van der Waals surface area contributed by atoms with E-state index in [1.807, 2.05) is 0 Å². The van der Waals surface area contributed by atoms with Gasteiger partial charge in [0.05, 0.1) is 6.04 Å². The number of aromatic nitrogens is 2. The molecule has 11 heteroatoms. The topological polar surface area (TPSA) is 65.4 Å². The van der Waals surface area contributed by atoms with Crippen LogP contribution in [0.4, 0.5) is 22.0 Å². The first-order valence-electron chi connectivity index (χ1n) is 8.44. The van der Waals surface area contributed by atoms with Crippen LogP contribution in [0.15, 0.2) is 18.2 Å². The highest BCUT2D eigenvalue weighted by Crippen LogP contribution is 2.32. The Morgan fingerprint density at radius 2 is 2.07 bits per heavy atom. The third-order valence-electron chi connectivity index (χ3n) is 4.59. The first-order valence-corrected chi connectivity index (χ1v) is 8.44. The number of nitrogens with zero attached hydrogens (tertiary/aromatic N) is 2. The third kappa shape index (κ3) is 3.36. The van der Waals surface area contributed by atoms with E-state index in [9.17, 15) is 26.7 Å². The van der Waals surface area contributed by atoms with Crippen LogP contribution >= 0.6 is 0 Å². The SMILES string of the molecule is O=C(NC1COc2ccc(F)c(F)c2C1)c1cc2n(n1)CCC(C(F)(F)F)O2. The summed E-state index contributed by atoms with van der Waals surface area (Å²) in [5.41, 5.74) is -0.125. The van der Waals surface area contributed by atoms with Gasteiger partial charge in [-0.3, -0.25) is 4.79 Å². The summed E-state index contributed by atoms with van der Waals surface area (Å²) in [6, 6.07) is 2.73. The largest absolute Gasteiger partial charge is 0.491 e. The first-order chi connectivity index (χ1) is 13.2. The van der Waals surface area contributed by atoms with Crippen molar-refractivity contribution in [2.24, 2.45) is 0 Å². The number of halogens is 5. The van der Waals surface area contributed by atoms with Crippen LogP contribution in [0.2, 0.25) is 0 Å². The minimum Gasteiger partial charge on any atom is -0.491 e. The van der Waals surface area contributed by atoms with E-state index in [1.54, 1.807) is 0 Å². The van der Waals surface area contributed by atoms with Crippen LogP contribution in [0.25, 0.3) is 0 Å². The number of hydrogen-bond acceptors (Lipinski definition) is 4. The zero-order valence-corrected chi connectivity index (χ0v) is 14.2. The number of hydrogen-bond donors (Lipinski definition) is 1. The van der Waals surface area contributed by atoms with Crippen LogP contribution < -0.4 is 14.8 Å². The second kappa shape index (κ2) is 6.64. The molecule has 1 N–H and O–H groups in total. The van der Waals surface area contributed by atoms with Crippen molar-refractivity contribution in [3.63, 3.8) is 0 Å². The molecular weight excluding hydrogens is 389 g/mol. The first kappa shape index (κ1) is 18.5. The van der Waals surface area contributed by atoms with Crippen molar-refractivity contribution in [2.75, 3.05) is 6.61 Å². The molecule has 2 aromatic rings. The summed E-state index contributed by atoms with van der Waals surface area (Å²) in [4.78, 5) is 12.4. The van der Waals surface area contributed by atoms with E-state index in [4.69, 9.17) is 9.47 Å². The average Bonchev–Trinajstić information content (AvgIpc) is 3.08. The van der Waals surface area contributed by atoms with Crippen molar-refractivity contribution >= 4 is 5.91 Å². The molecule has 28 heavy (non-hydrogen) atoms. The maximum absolute atomic E-state index is 13.9. The molecule has 150 valence electrons. The van der Waals surface area contributed by atoms with Gasteiger partial charge < -0.3 is 14.8 Å². The molecule has 3 heterocycles. The lowest BCUT2D eigenvalue weighted by molar-refractivity contribution is -0.203. The highest BCUT2D eigenvalue weighted by molar-refractivity contribution is 5.92. The molecule has 2 atom stereocenters. The fourth-order valence-electron chi connectivity index (χ4n) is 3.19. The molecule has 0 saturated heterocycles. The van der Waals surface area contributed by atoms with Crippen molar-refractivity contribution < 1.29 is 36.2 Å². The minimum atomic E-state index is -4.51. The van der Waals surface area contributed by atoms with Gasteiger partial charge in [0.1, 0.15) is 12.4 Å². The lowest BCUT2D eigenvalue weighted by Crippen LogP contribution is -2.43. The number of carbonyl (C=O) groups excluding carboxylic acids is 1. The van der Waals surface area contributed by atoms with Gasteiger partial charge in [0.25, 0.3) is 5.91 Å². The van der Waals surface area contributed by atoms with Crippen LogP contribution in [-0.4, -0.2) is 40.6 Å². The quantitative estimate of drug-likeness (QED) is 0.783. The zero-order valence-electron chi connectivity index (χ0n) is 14.2. The third-order valence-corrected chi connectivity index (χ3v) is 4.59. The zero-order chi connectivity index (χ0) is 20.1. The molecule has 2 unspecified atom stereocenters. The lowest BCUT2D eigenvalue weighted by Gasteiger charge is -2.26. The summed E-state index contributed by atoms with van der Waals surface area (Å²) in [5.74, 6) is -2.69. The van der Waals surface area contributed by atoms with Gasteiger partial charge in [0.15, 0.2) is 23.4 Å². The Hall–Kier alpha value is -2.85. The van der Waals surface area contributed by atoms with Crippen molar-refractivity contribution in [2.45, 2.75) is 37.7 Å². The molecule has 0 saturated carbocycles. The Balaban J connectivity index is 1.46. The fourth-order valence-corrected chi connectivity index (χ4v) is 3.19. The molecule has 6 nitrogen and oxygen atoms in total. The van der Waals surface area contributed by atoms with E-state index in [0.717, 1.165) is 12.1 Å². The van der Waals surface area contributed by atoms with E-state index < -0.39 is 35.9 Å². The number of benzene rings is 1. The number of amides is 1. The van der Waals surface area contributed by atoms with Crippen molar-refractivity contribution in [1.82, 2.24) is 15.1 Å². The summed E-state index contributed by atoms with van der Waals surface area (Å²) < 4.78 is 77.1. The van der Waals surface area contributed by atoms with Gasteiger partial charge in [0, 0.05) is 31.0 Å². The molecule has 1 aromatic carbocycles. The molecule has 2 aliphatic rings. The fraction of sp³-hybridized carbons (Fsp3) is 0.412. The number of ether oxygens (including phenoxy) is 2. The van der Waals surface area contributed by atoms with Gasteiger partial charge in [-0.25, -0.2) is 13.5 Å². The number of carbonyl (C=O) groups is 1. The normalized spacial score (nSPS) is 21.2. The maximum atomic E-state index is 13.9. The number of alkyl halides is 3. The van der Waals surface area contributed by atoms with E-state index in [1.165, 1.54) is 10.7 Å². The molecule has 0 bridgehead atoms. The van der Waals surface area contributed by atoms with Crippen molar-refractivity contribution in [1.29, 1.82) is 0 Å². The monoisotopic (exact) mass is 403 g/mol. The van der Waals surface area contributed by atoms with Crippen LogP contribution in [-0.2, 0) is 13.0 Å². The number of aryl methyl sites for hydroxylation is 1. The van der Waals surface area contributed by atoms with Crippen LogP contribution in [0.5, 0.6) is 11.6 Å². The van der Waals surface area contributed by atoms with Gasteiger partial charge in [-0.2, -0.15) is 18.3 Å². The average molecular weight is 403 g/mol. The highest BCUT2D eigenvalue weighted by Gasteiger charge is 2.44. The van der Waals surface area contributed by atoms with Gasteiger partial charge in [-0.05, 0) is 12.1 Å². The maximum Gasteiger partial charge on any atom is 0.425 e. The molecule has 4 rings (SSSR count). The Kier molecular flexibility index (Phi) is 4.39. The van der Waals surface area contributed by atoms with Gasteiger partial charge in [0.2, 0.25) is 5.88 Å². The molecule has 1 aromatic heterocycles. The van der Waals surface area contributed by atoms with Gasteiger partial charge in [-0.15, -0.1) is 0 Å². The lowest BCUT2D eigenvalue weighted by atomic mass is 10.0. The minimum absolute atomic E-state index is 0.00484. The van der Waals surface area contributed by atoms with Gasteiger partial charge in [-0.1, -0.05) is 0 Å². The molecule has 0 spiro atoms. The second-order valence-electron chi connectivity index (χ2n) is 6.55. The Labute approximate surface area is 155 Å². The number of nitrogens with one attached hydrogen (secondary N) is 1. The summed E-state index contributed by atoms with van der Waals surface area (Å²) >= 11 is 0. The predicted octanol–water partition coefficient (Wildman–Crippen LogP) is 2.61. The molecule has 0 fully saturated rings. The summed E-state index contributed by atoms with van der Waals surface area (Å²) in [5, 5.41) is 6.51. The summed E-state index contributed by atoms with van der Waals surface area (Å²) in [6.07, 6.45) is -6.76. The van der Waals surface area contributed by atoms with Crippen LogP contribution in [0.3, 0.4) is 0 Å². The molecular formula is C17H14F5N3O3. The highest BCUT2D eigenvalue weighted by atomic mass is 19.4. The number of rotatable bonds is 2. The van der Waals surface area contributed by atoms with E-state index >= 15 is 0 Å². The Morgan fingerprint density at radius 1 is 1.29 bits per heavy atom. The standard InChI is InChI=1S/C17H14F5N3O3/c18-10-1-2-12-9(15(10)19)5-8(7-27-12)23-16(26)11-6-14-25(24-11)4-3-13(28-14)17(20,21)22/h1-2,6,8,13H,3-5,7H2,(H,23,26). The van der Waals surface area contributed by atoms with Crippen LogP contribution in [0, 0.1) is 11.6 Å². The van der Waals surface area contributed by atoms with Gasteiger partial charge >= 0.3 is 6.18 Å². The van der Waals surface area contributed by atoms with Crippen molar-refractivity contribution in [3.8, 4) is 11.6 Å². The summed E-state index contributed by atoms with van der Waals surface area (Å²) in [7, 11) is 0. The Morgan fingerprint density at radius 3 is 2.82 bits per heavy atom. The van der Waals surface area contributed by atoms with Crippen LogP contribution in [0.1, 0.15) is 22.5 Å². The second-order valence-corrected chi connectivity index (χ2v) is 6.55. The number of fused-ring (bicyclic) bond motifs is 2. The van der Waals surface area contributed by atoms with E-state index in [2.05, 4.69) is 10.4 Å². The molecule has 0 radical (unpaired) electrons. The Bertz CT molecular complexity index is 927.